The molecule has 2 heteroatoms. The molecule has 52 valence electrons. The Hall–Kier alpha value is -0.520. The summed E-state index contributed by atoms with van der Waals surface area (Å²) < 4.78 is 0. The highest BCUT2D eigenvalue weighted by Gasteiger charge is 2.01. The second kappa shape index (κ2) is 4.37. The molecule has 0 aromatic rings. The van der Waals surface area contributed by atoms with Crippen LogP contribution in [0.3, 0.4) is 0 Å². The third-order valence-corrected chi connectivity index (χ3v) is 1.06. The zero-order valence-corrected chi connectivity index (χ0v) is 6.18. The van der Waals surface area contributed by atoms with Crippen LogP contribution in [-0.2, 0) is 0 Å². The smallest absolute Gasteiger partial charge is 0.117 e. The van der Waals surface area contributed by atoms with Crippen molar-refractivity contribution in [3.63, 3.8) is 0 Å². The second-order valence-corrected chi connectivity index (χ2v) is 2.08. The minimum atomic E-state index is -0.419. The SMILES string of the molecule is CC#CCC(O)N(C)C. The number of aliphatic hydroxyl groups is 1. The van der Waals surface area contributed by atoms with Gasteiger partial charge in [-0.05, 0) is 21.0 Å². The van der Waals surface area contributed by atoms with Crippen LogP contribution in [0.5, 0.6) is 0 Å². The van der Waals surface area contributed by atoms with Gasteiger partial charge in [-0.1, -0.05) is 5.92 Å². The van der Waals surface area contributed by atoms with Gasteiger partial charge in [0, 0.05) is 6.42 Å². The normalized spacial score (nSPS) is 12.6. The summed E-state index contributed by atoms with van der Waals surface area (Å²) in [5.74, 6) is 5.50. The van der Waals surface area contributed by atoms with E-state index in [-0.39, 0.29) is 0 Å². The van der Waals surface area contributed by atoms with Crippen molar-refractivity contribution in [1.82, 2.24) is 4.90 Å². The van der Waals surface area contributed by atoms with E-state index in [1.807, 2.05) is 14.1 Å². The third-order valence-electron chi connectivity index (χ3n) is 1.06. The summed E-state index contributed by atoms with van der Waals surface area (Å²) in [7, 11) is 3.64. The van der Waals surface area contributed by atoms with Gasteiger partial charge in [0.25, 0.3) is 0 Å². The van der Waals surface area contributed by atoms with Gasteiger partial charge in [0.2, 0.25) is 0 Å². The Bertz CT molecular complexity index is 121. The van der Waals surface area contributed by atoms with E-state index in [2.05, 4.69) is 11.8 Å². The molecule has 0 aromatic carbocycles. The lowest BCUT2D eigenvalue weighted by atomic mass is 10.3. The van der Waals surface area contributed by atoms with E-state index < -0.39 is 6.23 Å². The van der Waals surface area contributed by atoms with Crippen LogP contribution in [0, 0.1) is 11.8 Å². The fraction of sp³-hybridized carbons (Fsp3) is 0.714. The summed E-state index contributed by atoms with van der Waals surface area (Å²) in [4.78, 5) is 1.73. The van der Waals surface area contributed by atoms with Crippen LogP contribution in [-0.4, -0.2) is 30.3 Å². The van der Waals surface area contributed by atoms with Gasteiger partial charge in [-0.15, -0.1) is 5.92 Å². The van der Waals surface area contributed by atoms with Crippen LogP contribution >= 0.6 is 0 Å². The molecule has 0 rings (SSSR count). The quantitative estimate of drug-likeness (QED) is 0.425. The van der Waals surface area contributed by atoms with Crippen LogP contribution in [0.25, 0.3) is 0 Å². The molecule has 9 heavy (non-hydrogen) atoms. The number of hydrogen-bond donors (Lipinski definition) is 1. The predicted molar refractivity (Wildman–Crippen MR) is 37.8 cm³/mol. The van der Waals surface area contributed by atoms with Crippen molar-refractivity contribution in [3.05, 3.63) is 0 Å². The average molecular weight is 127 g/mol. The van der Waals surface area contributed by atoms with Gasteiger partial charge in [0.05, 0.1) is 0 Å². The lowest BCUT2D eigenvalue weighted by molar-refractivity contribution is 0.0454. The van der Waals surface area contributed by atoms with Gasteiger partial charge in [0.1, 0.15) is 6.23 Å². The molecular formula is C7H13NO. The van der Waals surface area contributed by atoms with Gasteiger partial charge in [-0.2, -0.15) is 0 Å². The second-order valence-electron chi connectivity index (χ2n) is 2.08. The van der Waals surface area contributed by atoms with Crippen LogP contribution in [0.1, 0.15) is 13.3 Å². The van der Waals surface area contributed by atoms with Crippen LogP contribution in [0.15, 0.2) is 0 Å². The highest BCUT2D eigenvalue weighted by molar-refractivity contribution is 4.96. The molecule has 0 aliphatic carbocycles. The Morgan fingerprint density at radius 2 is 2.11 bits per heavy atom. The number of nitrogens with zero attached hydrogens (tertiary/aromatic N) is 1. The first kappa shape index (κ1) is 8.48. The molecule has 1 N–H and O–H groups in total. The molecule has 1 atom stereocenters. The summed E-state index contributed by atoms with van der Waals surface area (Å²) in [5, 5.41) is 9.08. The van der Waals surface area contributed by atoms with Gasteiger partial charge in [0.15, 0.2) is 0 Å². The van der Waals surface area contributed by atoms with Crippen molar-refractivity contribution in [1.29, 1.82) is 0 Å². The van der Waals surface area contributed by atoms with E-state index >= 15 is 0 Å². The van der Waals surface area contributed by atoms with E-state index in [0.717, 1.165) is 0 Å². The molecule has 0 amide bonds. The Morgan fingerprint density at radius 1 is 1.56 bits per heavy atom. The van der Waals surface area contributed by atoms with Crippen LogP contribution in [0.2, 0.25) is 0 Å². The summed E-state index contributed by atoms with van der Waals surface area (Å²) >= 11 is 0. The fourth-order valence-corrected chi connectivity index (χ4v) is 0.376. The van der Waals surface area contributed by atoms with Gasteiger partial charge in [-0.25, -0.2) is 0 Å². The van der Waals surface area contributed by atoms with E-state index in [9.17, 15) is 0 Å². The molecule has 0 saturated heterocycles. The lowest BCUT2D eigenvalue weighted by Crippen LogP contribution is -2.26. The Balaban J connectivity index is 3.46. The summed E-state index contributed by atoms with van der Waals surface area (Å²) in [6.07, 6.45) is 0.112. The molecule has 0 aliphatic rings. The molecule has 2 nitrogen and oxygen atoms in total. The fourth-order valence-electron chi connectivity index (χ4n) is 0.376. The molecule has 0 radical (unpaired) electrons. The maximum atomic E-state index is 9.08. The number of hydrogen-bond acceptors (Lipinski definition) is 2. The molecule has 0 aromatic heterocycles. The monoisotopic (exact) mass is 127 g/mol. The van der Waals surface area contributed by atoms with Crippen molar-refractivity contribution in [2.75, 3.05) is 14.1 Å². The van der Waals surface area contributed by atoms with Crippen molar-refractivity contribution in [2.24, 2.45) is 0 Å². The van der Waals surface area contributed by atoms with Crippen LogP contribution < -0.4 is 0 Å². The van der Waals surface area contributed by atoms with Gasteiger partial charge in [-0.3, -0.25) is 4.90 Å². The minimum Gasteiger partial charge on any atom is -0.377 e. The number of aliphatic hydroxyl groups excluding tert-OH is 1. The first-order valence-corrected chi connectivity index (χ1v) is 2.92. The Morgan fingerprint density at radius 3 is 2.44 bits per heavy atom. The molecule has 0 fully saturated rings. The van der Waals surface area contributed by atoms with E-state index in [4.69, 9.17) is 5.11 Å². The van der Waals surface area contributed by atoms with Gasteiger partial charge >= 0.3 is 0 Å². The highest BCUT2D eigenvalue weighted by atomic mass is 16.3. The highest BCUT2D eigenvalue weighted by Crippen LogP contribution is 1.91. The molecule has 0 saturated carbocycles. The van der Waals surface area contributed by atoms with Crippen molar-refractivity contribution >= 4 is 0 Å². The van der Waals surface area contributed by atoms with Crippen molar-refractivity contribution < 1.29 is 5.11 Å². The summed E-state index contributed by atoms with van der Waals surface area (Å²) in [6.45, 7) is 1.77. The maximum Gasteiger partial charge on any atom is 0.117 e. The lowest BCUT2D eigenvalue weighted by Gasteiger charge is -2.14. The van der Waals surface area contributed by atoms with Crippen LogP contribution in [0.4, 0.5) is 0 Å². The van der Waals surface area contributed by atoms with Gasteiger partial charge < -0.3 is 5.11 Å². The molecule has 0 heterocycles. The summed E-state index contributed by atoms with van der Waals surface area (Å²) in [5.41, 5.74) is 0. The Kier molecular flexibility index (Phi) is 4.12. The third kappa shape index (κ3) is 4.01. The van der Waals surface area contributed by atoms with Crippen molar-refractivity contribution in [2.45, 2.75) is 19.6 Å². The molecule has 0 spiro atoms. The molecule has 0 bridgehead atoms. The zero-order chi connectivity index (χ0) is 7.28. The average Bonchev–Trinajstić information content (AvgIpc) is 1.82. The van der Waals surface area contributed by atoms with E-state index in [0.29, 0.717) is 6.42 Å². The maximum absolute atomic E-state index is 9.08. The van der Waals surface area contributed by atoms with E-state index in [1.165, 1.54) is 0 Å². The first-order chi connectivity index (χ1) is 4.18. The molecule has 0 aliphatic heterocycles. The minimum absolute atomic E-state index is 0.419. The first-order valence-electron chi connectivity index (χ1n) is 2.92. The van der Waals surface area contributed by atoms with E-state index in [1.54, 1.807) is 11.8 Å². The predicted octanol–water partition coefficient (Wildman–Crippen LogP) is 0.280. The number of rotatable bonds is 2. The topological polar surface area (TPSA) is 23.5 Å². The summed E-state index contributed by atoms with van der Waals surface area (Å²) in [6, 6.07) is 0. The molecular weight excluding hydrogens is 114 g/mol. The molecule has 1 unspecified atom stereocenters. The standard InChI is InChI=1S/C7H13NO/c1-4-5-6-7(9)8(2)3/h7,9H,6H2,1-3H3. The Labute approximate surface area is 56.5 Å². The van der Waals surface area contributed by atoms with Crippen molar-refractivity contribution in [3.8, 4) is 11.8 Å². The largest absolute Gasteiger partial charge is 0.377 e. The zero-order valence-electron chi connectivity index (χ0n) is 6.18.